The van der Waals surface area contributed by atoms with Gasteiger partial charge in [-0.2, -0.15) is 0 Å². The Bertz CT molecular complexity index is 719. The second-order valence-electron chi connectivity index (χ2n) is 4.12. The number of hydrogen-bond donors (Lipinski definition) is 2. The first-order chi connectivity index (χ1) is 10.5. The lowest BCUT2D eigenvalue weighted by Gasteiger charge is -2.05. The van der Waals surface area contributed by atoms with E-state index in [1.54, 1.807) is 0 Å². The summed E-state index contributed by atoms with van der Waals surface area (Å²) in [5.41, 5.74) is 0.538. The first kappa shape index (κ1) is 15.0. The first-order valence-corrected chi connectivity index (χ1v) is 6.02. The number of carbonyl (C=O) groups excluding carboxylic acids is 1. The minimum atomic E-state index is -1.47. The summed E-state index contributed by atoms with van der Waals surface area (Å²) in [6.07, 6.45) is -2.92. The van der Waals surface area contributed by atoms with E-state index in [-0.39, 0.29) is 22.8 Å². The van der Waals surface area contributed by atoms with Gasteiger partial charge in [0.25, 0.3) is 0 Å². The maximum atomic E-state index is 12.3. The molecule has 0 spiro atoms. The van der Waals surface area contributed by atoms with Gasteiger partial charge in [-0.05, 0) is 36.4 Å². The van der Waals surface area contributed by atoms with Crippen molar-refractivity contribution in [3.8, 4) is 11.5 Å². The fraction of sp³-hybridized carbons (Fsp3) is 0. The number of carbonyl (C=O) groups is 3. The van der Waals surface area contributed by atoms with Crippen molar-refractivity contribution in [2.24, 2.45) is 0 Å². The number of carboxylic acid groups (broad SMARTS) is 2. The van der Waals surface area contributed by atoms with Crippen LogP contribution in [0.1, 0.15) is 15.9 Å². The summed E-state index contributed by atoms with van der Waals surface area (Å²) in [6, 6.07) is 11.2. The molecule has 0 amide bonds. The summed E-state index contributed by atoms with van der Waals surface area (Å²) in [4.78, 5) is 33.1. The smallest absolute Gasteiger partial charge is 0.449 e. The Morgan fingerprint density at radius 2 is 1.32 bits per heavy atom. The Balaban J connectivity index is 2.20. The number of benzene rings is 2. The van der Waals surface area contributed by atoms with Gasteiger partial charge in [0.1, 0.15) is 11.5 Å². The lowest BCUT2D eigenvalue weighted by molar-refractivity contribution is 0.103. The van der Waals surface area contributed by atoms with Gasteiger partial charge >= 0.3 is 12.3 Å². The van der Waals surface area contributed by atoms with Gasteiger partial charge in [-0.3, -0.25) is 4.79 Å². The second-order valence-corrected chi connectivity index (χ2v) is 4.12. The quantitative estimate of drug-likeness (QED) is 0.507. The fourth-order valence-electron chi connectivity index (χ4n) is 1.74. The van der Waals surface area contributed by atoms with E-state index in [9.17, 15) is 14.4 Å². The molecule has 0 radical (unpaired) electrons. The van der Waals surface area contributed by atoms with Crippen LogP contribution >= 0.6 is 0 Å². The van der Waals surface area contributed by atoms with Crippen molar-refractivity contribution in [2.75, 3.05) is 0 Å². The van der Waals surface area contributed by atoms with E-state index < -0.39 is 12.3 Å². The molecule has 0 aliphatic heterocycles. The zero-order chi connectivity index (χ0) is 16.1. The molecule has 7 heteroatoms. The SMILES string of the molecule is O=C(O)Oc1ccc(C(=O)c2cccc(OC(=O)O)c2)cc1. The Kier molecular flexibility index (Phi) is 4.38. The highest BCUT2D eigenvalue weighted by atomic mass is 16.7. The number of rotatable bonds is 4. The van der Waals surface area contributed by atoms with Crippen LogP contribution in [-0.4, -0.2) is 28.3 Å². The Morgan fingerprint density at radius 3 is 1.91 bits per heavy atom. The molecule has 2 aromatic rings. The van der Waals surface area contributed by atoms with Gasteiger partial charge in [-0.15, -0.1) is 0 Å². The van der Waals surface area contributed by atoms with E-state index in [0.717, 1.165) is 0 Å². The monoisotopic (exact) mass is 302 g/mol. The standard InChI is InChI=1S/C15H10O7/c16-13(9-4-6-11(7-5-9)21-14(17)18)10-2-1-3-12(8-10)22-15(19)20/h1-8H,(H,17,18)(H,19,20). The molecule has 0 saturated carbocycles. The van der Waals surface area contributed by atoms with Crippen molar-refractivity contribution in [3.05, 3.63) is 59.7 Å². The van der Waals surface area contributed by atoms with Crippen molar-refractivity contribution in [1.82, 2.24) is 0 Å². The molecular weight excluding hydrogens is 292 g/mol. The highest BCUT2D eigenvalue weighted by Gasteiger charge is 2.11. The van der Waals surface area contributed by atoms with E-state index >= 15 is 0 Å². The molecule has 0 heterocycles. The first-order valence-electron chi connectivity index (χ1n) is 6.02. The van der Waals surface area contributed by atoms with E-state index in [0.29, 0.717) is 5.56 Å². The van der Waals surface area contributed by atoms with Crippen molar-refractivity contribution in [2.45, 2.75) is 0 Å². The molecule has 0 bridgehead atoms. The highest BCUT2D eigenvalue weighted by Crippen LogP contribution is 2.19. The Hall–Kier alpha value is -3.35. The van der Waals surface area contributed by atoms with Crippen LogP contribution in [0.25, 0.3) is 0 Å². The van der Waals surface area contributed by atoms with Crippen LogP contribution in [0.2, 0.25) is 0 Å². The number of ketones is 1. The van der Waals surface area contributed by atoms with Crippen LogP contribution in [0.5, 0.6) is 11.5 Å². The van der Waals surface area contributed by atoms with Gasteiger partial charge in [0, 0.05) is 11.1 Å². The topological polar surface area (TPSA) is 110 Å². The second kappa shape index (κ2) is 6.40. The zero-order valence-electron chi connectivity index (χ0n) is 11.1. The molecule has 0 saturated heterocycles. The van der Waals surface area contributed by atoms with E-state index in [2.05, 4.69) is 9.47 Å². The lowest BCUT2D eigenvalue weighted by atomic mass is 10.0. The van der Waals surface area contributed by atoms with Gasteiger partial charge < -0.3 is 19.7 Å². The van der Waals surface area contributed by atoms with E-state index in [4.69, 9.17) is 10.2 Å². The molecule has 0 aromatic heterocycles. The average molecular weight is 302 g/mol. The zero-order valence-corrected chi connectivity index (χ0v) is 11.1. The number of ether oxygens (including phenoxy) is 2. The largest absolute Gasteiger partial charge is 0.511 e. The van der Waals surface area contributed by atoms with Gasteiger partial charge in [-0.1, -0.05) is 12.1 Å². The highest BCUT2D eigenvalue weighted by molar-refractivity contribution is 6.09. The Morgan fingerprint density at radius 1 is 0.727 bits per heavy atom. The summed E-state index contributed by atoms with van der Waals surface area (Å²) in [5.74, 6) is -0.242. The van der Waals surface area contributed by atoms with Gasteiger partial charge in [0.05, 0.1) is 0 Å². The third kappa shape index (κ3) is 3.83. The molecule has 0 fully saturated rings. The van der Waals surface area contributed by atoms with Crippen molar-refractivity contribution in [1.29, 1.82) is 0 Å². The van der Waals surface area contributed by atoms with Crippen LogP contribution in [0, 0.1) is 0 Å². The van der Waals surface area contributed by atoms with Crippen LogP contribution in [0.15, 0.2) is 48.5 Å². The van der Waals surface area contributed by atoms with Crippen LogP contribution in [0.3, 0.4) is 0 Å². The van der Waals surface area contributed by atoms with Crippen LogP contribution in [0.4, 0.5) is 9.59 Å². The predicted octanol–water partition coefficient (Wildman–Crippen LogP) is 3.03. The van der Waals surface area contributed by atoms with Crippen LogP contribution < -0.4 is 9.47 Å². The molecule has 22 heavy (non-hydrogen) atoms. The molecule has 2 aromatic carbocycles. The third-order valence-corrected chi connectivity index (χ3v) is 2.62. The summed E-state index contributed by atoms with van der Waals surface area (Å²) in [7, 11) is 0. The lowest BCUT2D eigenvalue weighted by Crippen LogP contribution is -2.06. The minimum absolute atomic E-state index is 0.0316. The van der Waals surface area contributed by atoms with Gasteiger partial charge in [0.15, 0.2) is 5.78 Å². The maximum absolute atomic E-state index is 12.3. The molecule has 0 unspecified atom stereocenters. The minimum Gasteiger partial charge on any atom is -0.449 e. The molecule has 0 aliphatic rings. The van der Waals surface area contributed by atoms with E-state index in [1.807, 2.05) is 0 Å². The average Bonchev–Trinajstić information content (AvgIpc) is 2.46. The molecule has 2 rings (SSSR count). The van der Waals surface area contributed by atoms with Crippen molar-refractivity contribution in [3.63, 3.8) is 0 Å². The molecule has 0 aliphatic carbocycles. The Labute approximate surface area is 124 Å². The number of hydrogen-bond acceptors (Lipinski definition) is 5. The summed E-state index contributed by atoms with van der Waals surface area (Å²) >= 11 is 0. The van der Waals surface area contributed by atoms with Crippen molar-refractivity contribution < 1.29 is 34.1 Å². The van der Waals surface area contributed by atoms with E-state index in [1.165, 1.54) is 48.5 Å². The normalized spacial score (nSPS) is 9.82. The third-order valence-electron chi connectivity index (χ3n) is 2.62. The van der Waals surface area contributed by atoms with Gasteiger partial charge in [0.2, 0.25) is 0 Å². The summed E-state index contributed by atoms with van der Waals surface area (Å²) < 4.78 is 8.92. The molecule has 7 nitrogen and oxygen atoms in total. The fourth-order valence-corrected chi connectivity index (χ4v) is 1.74. The van der Waals surface area contributed by atoms with Crippen LogP contribution in [-0.2, 0) is 0 Å². The predicted molar refractivity (Wildman–Crippen MR) is 73.6 cm³/mol. The molecule has 0 atom stereocenters. The molecule has 2 N–H and O–H groups in total. The maximum Gasteiger partial charge on any atom is 0.511 e. The van der Waals surface area contributed by atoms with Crippen molar-refractivity contribution >= 4 is 18.1 Å². The molecule has 112 valence electrons. The summed E-state index contributed by atoms with van der Waals surface area (Å²) in [5, 5.41) is 17.0. The van der Waals surface area contributed by atoms with Gasteiger partial charge in [-0.25, -0.2) is 9.59 Å². The molecular formula is C15H10O7. The summed E-state index contributed by atoms with van der Waals surface area (Å²) in [6.45, 7) is 0.